The predicted molar refractivity (Wildman–Crippen MR) is 103 cm³/mol. The Morgan fingerprint density at radius 2 is 2.00 bits per heavy atom. The number of fused-ring (bicyclic) bond motifs is 1. The van der Waals surface area contributed by atoms with Gasteiger partial charge in [0, 0.05) is 7.05 Å². The molecule has 10 heteroatoms. The molecule has 3 rings (SSSR count). The van der Waals surface area contributed by atoms with Gasteiger partial charge < -0.3 is 4.74 Å². The molecular weight excluding hydrogens is 390 g/mol. The standard InChI is InChI=1S/C17H20ClN5O3S/c1-4-6-12-14-15(23(3)22-12)16(18)21-17(20-14)11-9-10(27(19,24)25)7-8-13(11)26-5-2/h7-9H,4-6H2,1-3H3,(H2,19,24,25). The Labute approximate surface area is 162 Å². The number of rotatable bonds is 6. The van der Waals surface area contributed by atoms with E-state index in [9.17, 15) is 8.42 Å². The van der Waals surface area contributed by atoms with Gasteiger partial charge in [0.2, 0.25) is 10.0 Å². The lowest BCUT2D eigenvalue weighted by Gasteiger charge is -2.11. The molecule has 0 spiro atoms. The molecule has 0 radical (unpaired) electrons. The Hall–Kier alpha value is -2.23. The minimum atomic E-state index is -3.89. The zero-order chi connectivity index (χ0) is 19.8. The van der Waals surface area contributed by atoms with Crippen molar-refractivity contribution in [1.29, 1.82) is 0 Å². The number of benzene rings is 1. The van der Waals surface area contributed by atoms with Crippen LogP contribution in [0.15, 0.2) is 23.1 Å². The number of hydrogen-bond donors (Lipinski definition) is 1. The van der Waals surface area contributed by atoms with E-state index in [1.54, 1.807) is 11.7 Å². The maximum atomic E-state index is 11.8. The Morgan fingerprint density at radius 1 is 1.26 bits per heavy atom. The quantitative estimate of drug-likeness (QED) is 0.626. The number of nitrogens with two attached hydrogens (primary N) is 1. The number of hydrogen-bond acceptors (Lipinski definition) is 6. The van der Waals surface area contributed by atoms with Crippen LogP contribution in [0.2, 0.25) is 5.15 Å². The molecule has 0 atom stereocenters. The molecule has 0 unspecified atom stereocenters. The lowest BCUT2D eigenvalue weighted by molar-refractivity contribution is 0.341. The van der Waals surface area contributed by atoms with Gasteiger partial charge in [-0.25, -0.2) is 23.5 Å². The average Bonchev–Trinajstić information content (AvgIpc) is 2.91. The smallest absolute Gasteiger partial charge is 0.238 e. The molecule has 2 heterocycles. The van der Waals surface area contributed by atoms with E-state index >= 15 is 0 Å². The number of aromatic nitrogens is 4. The van der Waals surface area contributed by atoms with Crippen LogP contribution in [0.3, 0.4) is 0 Å². The summed E-state index contributed by atoms with van der Waals surface area (Å²) in [6.07, 6.45) is 1.63. The number of halogens is 1. The molecule has 0 aliphatic heterocycles. The summed E-state index contributed by atoms with van der Waals surface area (Å²) in [7, 11) is -2.11. The van der Waals surface area contributed by atoms with Crippen molar-refractivity contribution in [3.05, 3.63) is 29.0 Å². The van der Waals surface area contributed by atoms with Crippen molar-refractivity contribution in [2.75, 3.05) is 6.61 Å². The van der Waals surface area contributed by atoms with Crippen LogP contribution in [0.5, 0.6) is 5.75 Å². The number of nitrogens with zero attached hydrogens (tertiary/aromatic N) is 4. The summed E-state index contributed by atoms with van der Waals surface area (Å²) in [5.41, 5.74) is 2.47. The highest BCUT2D eigenvalue weighted by Gasteiger charge is 2.20. The highest BCUT2D eigenvalue weighted by molar-refractivity contribution is 7.89. The number of aryl methyl sites for hydroxylation is 2. The van der Waals surface area contributed by atoms with Gasteiger partial charge in [-0.15, -0.1) is 0 Å². The fraction of sp³-hybridized carbons (Fsp3) is 0.353. The topological polar surface area (TPSA) is 113 Å². The number of sulfonamides is 1. The molecule has 27 heavy (non-hydrogen) atoms. The molecule has 0 fully saturated rings. The second-order valence-corrected chi connectivity index (χ2v) is 7.91. The van der Waals surface area contributed by atoms with Crippen molar-refractivity contribution in [1.82, 2.24) is 19.7 Å². The summed E-state index contributed by atoms with van der Waals surface area (Å²) in [5, 5.41) is 9.97. The maximum Gasteiger partial charge on any atom is 0.238 e. The molecule has 2 N–H and O–H groups in total. The van der Waals surface area contributed by atoms with Crippen LogP contribution in [0, 0.1) is 0 Å². The third-order valence-electron chi connectivity index (χ3n) is 4.02. The van der Waals surface area contributed by atoms with Gasteiger partial charge in [0.05, 0.1) is 22.8 Å². The molecule has 144 valence electrons. The normalized spacial score (nSPS) is 11.9. The van der Waals surface area contributed by atoms with E-state index < -0.39 is 10.0 Å². The lowest BCUT2D eigenvalue weighted by Crippen LogP contribution is -2.12. The fourth-order valence-corrected chi connectivity index (χ4v) is 3.69. The Kier molecular flexibility index (Phi) is 5.36. The third-order valence-corrected chi connectivity index (χ3v) is 5.19. The van der Waals surface area contributed by atoms with Crippen LogP contribution in [-0.2, 0) is 23.5 Å². The minimum absolute atomic E-state index is 0.0549. The Morgan fingerprint density at radius 3 is 2.63 bits per heavy atom. The summed E-state index contributed by atoms with van der Waals surface area (Å²) < 4.78 is 30.8. The third kappa shape index (κ3) is 3.76. The zero-order valence-corrected chi connectivity index (χ0v) is 16.8. The maximum absolute atomic E-state index is 11.8. The van der Waals surface area contributed by atoms with Gasteiger partial charge in [-0.05, 0) is 31.5 Å². The summed E-state index contributed by atoms with van der Waals surface area (Å²) in [6.45, 7) is 4.27. The van der Waals surface area contributed by atoms with E-state index in [2.05, 4.69) is 15.1 Å². The largest absolute Gasteiger partial charge is 0.493 e. The van der Waals surface area contributed by atoms with Crippen LogP contribution in [-0.4, -0.2) is 34.8 Å². The molecule has 0 aliphatic rings. The minimum Gasteiger partial charge on any atom is -0.493 e. The lowest BCUT2D eigenvalue weighted by atomic mass is 10.1. The first-order chi connectivity index (χ1) is 12.8. The zero-order valence-electron chi connectivity index (χ0n) is 15.2. The molecule has 0 aliphatic carbocycles. The monoisotopic (exact) mass is 409 g/mol. The predicted octanol–water partition coefficient (Wildman–Crippen LogP) is 2.68. The highest BCUT2D eigenvalue weighted by Crippen LogP contribution is 2.33. The van der Waals surface area contributed by atoms with Crippen LogP contribution < -0.4 is 9.88 Å². The van der Waals surface area contributed by atoms with Crippen LogP contribution in [0.25, 0.3) is 22.4 Å². The van der Waals surface area contributed by atoms with Gasteiger partial charge in [-0.1, -0.05) is 24.9 Å². The van der Waals surface area contributed by atoms with Crippen molar-refractivity contribution in [2.24, 2.45) is 12.2 Å². The number of primary sulfonamides is 1. The Bertz CT molecular complexity index is 1110. The van der Waals surface area contributed by atoms with Crippen molar-refractivity contribution >= 4 is 32.7 Å². The van der Waals surface area contributed by atoms with Gasteiger partial charge >= 0.3 is 0 Å². The molecule has 2 aromatic heterocycles. The molecule has 0 amide bonds. The SMILES string of the molecule is CCCc1nn(C)c2c(Cl)nc(-c3cc(S(N)(=O)=O)ccc3OCC)nc12. The first-order valence-electron chi connectivity index (χ1n) is 8.45. The van der Waals surface area contributed by atoms with Gasteiger partial charge in [-0.2, -0.15) is 5.10 Å². The summed E-state index contributed by atoms with van der Waals surface area (Å²) in [6, 6.07) is 4.32. The first-order valence-corrected chi connectivity index (χ1v) is 10.4. The molecule has 0 saturated heterocycles. The van der Waals surface area contributed by atoms with E-state index in [0.717, 1.165) is 18.5 Å². The van der Waals surface area contributed by atoms with E-state index in [1.165, 1.54) is 18.2 Å². The van der Waals surface area contributed by atoms with E-state index in [-0.39, 0.29) is 15.9 Å². The van der Waals surface area contributed by atoms with E-state index in [4.69, 9.17) is 21.5 Å². The van der Waals surface area contributed by atoms with Gasteiger partial charge in [-0.3, -0.25) is 4.68 Å². The Balaban J connectivity index is 2.29. The second-order valence-electron chi connectivity index (χ2n) is 5.99. The second kappa shape index (κ2) is 7.41. The van der Waals surface area contributed by atoms with E-state index in [0.29, 0.717) is 29.0 Å². The van der Waals surface area contributed by atoms with Crippen LogP contribution in [0.1, 0.15) is 26.0 Å². The van der Waals surface area contributed by atoms with Crippen molar-refractivity contribution < 1.29 is 13.2 Å². The van der Waals surface area contributed by atoms with Gasteiger partial charge in [0.15, 0.2) is 11.0 Å². The average molecular weight is 410 g/mol. The molecule has 0 bridgehead atoms. The summed E-state index contributed by atoms with van der Waals surface area (Å²) in [5.74, 6) is 0.702. The van der Waals surface area contributed by atoms with Crippen LogP contribution in [0.4, 0.5) is 0 Å². The van der Waals surface area contributed by atoms with Crippen molar-refractivity contribution in [2.45, 2.75) is 31.6 Å². The summed E-state index contributed by atoms with van der Waals surface area (Å²) >= 11 is 6.39. The molecule has 1 aromatic carbocycles. The van der Waals surface area contributed by atoms with Crippen molar-refractivity contribution in [3.63, 3.8) is 0 Å². The fourth-order valence-electron chi connectivity index (χ4n) is 2.86. The first kappa shape index (κ1) is 19.5. The van der Waals surface area contributed by atoms with E-state index in [1.807, 2.05) is 13.8 Å². The van der Waals surface area contributed by atoms with Gasteiger partial charge in [0.1, 0.15) is 16.8 Å². The molecule has 3 aromatic rings. The summed E-state index contributed by atoms with van der Waals surface area (Å²) in [4.78, 5) is 8.91. The van der Waals surface area contributed by atoms with Crippen molar-refractivity contribution in [3.8, 4) is 17.1 Å². The highest BCUT2D eigenvalue weighted by atomic mass is 35.5. The molecule has 8 nitrogen and oxygen atoms in total. The molecular formula is C17H20ClN5O3S. The molecule has 0 saturated carbocycles. The van der Waals surface area contributed by atoms with Gasteiger partial charge in [0.25, 0.3) is 0 Å². The van der Waals surface area contributed by atoms with Crippen LogP contribution >= 0.6 is 11.6 Å². The number of ether oxygens (including phenoxy) is 1.